The Bertz CT molecular complexity index is 773. The predicted octanol–water partition coefficient (Wildman–Crippen LogP) is 5.64. The third-order valence-electron chi connectivity index (χ3n) is 7.11. The smallest absolute Gasteiger partial charge is 0.115 e. The highest BCUT2D eigenvalue weighted by atomic mass is 35.5. The van der Waals surface area contributed by atoms with E-state index in [1.165, 1.54) is 25.7 Å². The van der Waals surface area contributed by atoms with Gasteiger partial charge in [0.15, 0.2) is 0 Å². The van der Waals surface area contributed by atoms with Crippen LogP contribution >= 0.6 is 23.2 Å². The zero-order valence-electron chi connectivity index (χ0n) is 16.0. The van der Waals surface area contributed by atoms with E-state index in [4.69, 9.17) is 23.2 Å². The van der Waals surface area contributed by atoms with Crippen molar-refractivity contribution in [2.45, 2.75) is 49.8 Å². The van der Waals surface area contributed by atoms with Crippen molar-refractivity contribution >= 4 is 23.2 Å². The van der Waals surface area contributed by atoms with E-state index in [2.05, 4.69) is 14.1 Å². The first-order valence-electron chi connectivity index (χ1n) is 9.87. The maximum absolute atomic E-state index is 12.0. The van der Waals surface area contributed by atoms with Gasteiger partial charge in [-0.25, -0.2) is 0 Å². The minimum atomic E-state index is -1.08. The van der Waals surface area contributed by atoms with Gasteiger partial charge in [0.1, 0.15) is 5.60 Å². The Balaban J connectivity index is 1.69. The van der Waals surface area contributed by atoms with Crippen molar-refractivity contribution < 1.29 is 9.59 Å². The van der Waals surface area contributed by atoms with Gasteiger partial charge in [0.25, 0.3) is 0 Å². The van der Waals surface area contributed by atoms with Gasteiger partial charge in [-0.1, -0.05) is 47.5 Å². The van der Waals surface area contributed by atoms with Gasteiger partial charge in [-0.3, -0.25) is 0 Å². The number of quaternary nitrogens is 1. The topological polar surface area (TPSA) is 20.2 Å². The largest absolute Gasteiger partial charge is 0.380 e. The average Bonchev–Trinajstić information content (AvgIpc) is 2.79. The molecule has 2 aromatic rings. The van der Waals surface area contributed by atoms with E-state index in [9.17, 15) is 5.11 Å². The van der Waals surface area contributed by atoms with E-state index in [0.29, 0.717) is 34.5 Å². The molecule has 0 aromatic heterocycles. The minimum Gasteiger partial charge on any atom is -0.380 e. The summed E-state index contributed by atoms with van der Waals surface area (Å²) in [4.78, 5) is 0. The van der Waals surface area contributed by atoms with Crippen LogP contribution in [0.5, 0.6) is 0 Å². The number of nitrogens with zero attached hydrogens (tertiary/aromatic N) is 1. The first kappa shape index (κ1) is 19.3. The van der Waals surface area contributed by atoms with Gasteiger partial charge in [0, 0.05) is 35.7 Å². The van der Waals surface area contributed by atoms with Crippen molar-refractivity contribution in [1.29, 1.82) is 0 Å². The van der Waals surface area contributed by atoms with Gasteiger partial charge in [-0.05, 0) is 47.7 Å². The molecule has 2 aliphatic heterocycles. The van der Waals surface area contributed by atoms with Crippen LogP contribution in [-0.2, 0) is 5.60 Å². The highest BCUT2D eigenvalue weighted by molar-refractivity contribution is 6.31. The molecule has 2 aliphatic rings. The van der Waals surface area contributed by atoms with Crippen LogP contribution in [0.15, 0.2) is 48.5 Å². The molecular weight excluding hydrogens is 377 g/mol. The highest BCUT2D eigenvalue weighted by Crippen LogP contribution is 2.47. The van der Waals surface area contributed by atoms with E-state index < -0.39 is 5.60 Å². The van der Waals surface area contributed by atoms with E-state index in [0.717, 1.165) is 15.6 Å². The molecule has 2 heterocycles. The van der Waals surface area contributed by atoms with Gasteiger partial charge in [-0.2, -0.15) is 0 Å². The summed E-state index contributed by atoms with van der Waals surface area (Å²) in [6.45, 7) is 0. The quantitative estimate of drug-likeness (QED) is 0.653. The van der Waals surface area contributed by atoms with Gasteiger partial charge in [0.05, 0.1) is 26.2 Å². The molecule has 0 radical (unpaired) electrons. The SMILES string of the molecule is C[N+]1(C)[C@@H]2CC[C@H]1CC(CC(O)(c1cccc(Cl)c1)c1cccc(Cl)c1)C2. The number of benzene rings is 2. The summed E-state index contributed by atoms with van der Waals surface area (Å²) >= 11 is 12.5. The van der Waals surface area contributed by atoms with Crippen molar-refractivity contribution in [2.75, 3.05) is 14.1 Å². The molecule has 27 heavy (non-hydrogen) atoms. The van der Waals surface area contributed by atoms with Gasteiger partial charge in [-0.15, -0.1) is 0 Å². The first-order valence-corrected chi connectivity index (χ1v) is 10.6. The molecule has 144 valence electrons. The summed E-state index contributed by atoms with van der Waals surface area (Å²) < 4.78 is 1.14. The Morgan fingerprint density at radius 2 is 1.41 bits per heavy atom. The Labute approximate surface area is 172 Å². The van der Waals surface area contributed by atoms with Gasteiger partial charge in [0.2, 0.25) is 0 Å². The molecule has 2 bridgehead atoms. The molecule has 2 fully saturated rings. The zero-order chi connectivity index (χ0) is 19.2. The third-order valence-corrected chi connectivity index (χ3v) is 7.58. The minimum absolute atomic E-state index is 0.497. The molecule has 4 rings (SSSR count). The van der Waals surface area contributed by atoms with Gasteiger partial charge < -0.3 is 9.59 Å². The number of aliphatic hydroxyl groups is 1. The van der Waals surface area contributed by atoms with Crippen molar-refractivity contribution in [1.82, 2.24) is 0 Å². The fraction of sp³-hybridized carbons (Fsp3) is 0.478. The first-order chi connectivity index (χ1) is 12.8. The molecule has 1 N–H and O–H groups in total. The van der Waals surface area contributed by atoms with E-state index >= 15 is 0 Å². The average molecular weight is 405 g/mol. The summed E-state index contributed by atoms with van der Waals surface area (Å²) in [6.07, 6.45) is 5.67. The Kier molecular flexibility index (Phi) is 5.05. The third kappa shape index (κ3) is 3.53. The second kappa shape index (κ2) is 7.08. The lowest BCUT2D eigenvalue weighted by atomic mass is 9.75. The molecule has 0 spiro atoms. The van der Waals surface area contributed by atoms with Crippen LogP contribution in [0.3, 0.4) is 0 Å². The van der Waals surface area contributed by atoms with Crippen molar-refractivity contribution in [2.24, 2.45) is 5.92 Å². The second-order valence-electron chi connectivity index (χ2n) is 8.94. The summed E-state index contributed by atoms with van der Waals surface area (Å²) in [7, 11) is 4.75. The standard InChI is InChI=1S/C23H28Cl2NO/c1-26(2)21-9-10-22(26)12-16(11-21)15-23(27,17-5-3-7-19(24)13-17)18-6-4-8-20(25)14-18/h3-8,13-14,16,21-22,27H,9-12,15H2,1-2H3/q+1/t16?,21-,22+. The summed E-state index contributed by atoms with van der Waals surface area (Å²) in [6, 6.07) is 16.7. The number of hydrogen-bond acceptors (Lipinski definition) is 1. The fourth-order valence-electron chi connectivity index (χ4n) is 5.47. The Morgan fingerprint density at radius 1 is 0.926 bits per heavy atom. The molecule has 2 saturated heterocycles. The van der Waals surface area contributed by atoms with Crippen LogP contribution in [0.2, 0.25) is 10.0 Å². The van der Waals surface area contributed by atoms with Crippen LogP contribution in [-0.4, -0.2) is 35.8 Å². The van der Waals surface area contributed by atoms with Crippen LogP contribution in [0.4, 0.5) is 0 Å². The normalized spacial score (nSPS) is 26.9. The van der Waals surface area contributed by atoms with Crippen molar-refractivity contribution in [3.8, 4) is 0 Å². The van der Waals surface area contributed by atoms with Crippen molar-refractivity contribution in [3.05, 3.63) is 69.7 Å². The zero-order valence-corrected chi connectivity index (χ0v) is 17.5. The molecule has 2 aromatic carbocycles. The molecule has 2 nitrogen and oxygen atoms in total. The van der Waals surface area contributed by atoms with Crippen LogP contribution in [0, 0.1) is 5.92 Å². The predicted molar refractivity (Wildman–Crippen MR) is 112 cm³/mol. The summed E-state index contributed by atoms with van der Waals surface area (Å²) in [5, 5.41) is 13.3. The van der Waals surface area contributed by atoms with E-state index in [1.807, 2.05) is 48.5 Å². The summed E-state index contributed by atoms with van der Waals surface area (Å²) in [5.74, 6) is 0.497. The van der Waals surface area contributed by atoms with Crippen LogP contribution < -0.4 is 0 Å². The molecule has 1 unspecified atom stereocenters. The van der Waals surface area contributed by atoms with Gasteiger partial charge >= 0.3 is 0 Å². The number of hydrogen-bond donors (Lipinski definition) is 1. The van der Waals surface area contributed by atoms with Crippen molar-refractivity contribution in [3.63, 3.8) is 0 Å². The molecule has 3 atom stereocenters. The fourth-order valence-corrected chi connectivity index (χ4v) is 5.85. The molecule has 0 saturated carbocycles. The van der Waals surface area contributed by atoms with E-state index in [1.54, 1.807) is 0 Å². The van der Waals surface area contributed by atoms with Crippen LogP contribution in [0.25, 0.3) is 0 Å². The maximum atomic E-state index is 12.0. The van der Waals surface area contributed by atoms with E-state index in [-0.39, 0.29) is 0 Å². The molecule has 0 aliphatic carbocycles. The lowest BCUT2D eigenvalue weighted by Crippen LogP contribution is -2.55. The lowest BCUT2D eigenvalue weighted by Gasteiger charge is -2.46. The number of rotatable bonds is 4. The lowest BCUT2D eigenvalue weighted by molar-refractivity contribution is -0.931. The monoisotopic (exact) mass is 404 g/mol. The molecular formula is C23H28Cl2NO+. The van der Waals surface area contributed by atoms with Crippen LogP contribution in [0.1, 0.15) is 43.2 Å². The number of halogens is 2. The molecule has 0 amide bonds. The Hall–Kier alpha value is -1.06. The number of piperidine rings is 1. The number of fused-ring (bicyclic) bond motifs is 2. The highest BCUT2D eigenvalue weighted by Gasteiger charge is 2.50. The molecule has 4 heteroatoms. The Morgan fingerprint density at radius 3 is 1.85 bits per heavy atom. The maximum Gasteiger partial charge on any atom is 0.115 e. The second-order valence-corrected chi connectivity index (χ2v) is 9.81. The summed E-state index contributed by atoms with van der Waals surface area (Å²) in [5.41, 5.74) is 0.627.